The first kappa shape index (κ1) is 49.2. The third kappa shape index (κ3) is 26.6. The lowest BCUT2D eigenvalue weighted by molar-refractivity contribution is -0.305. The lowest BCUT2D eigenvalue weighted by Crippen LogP contribution is -2.59. The zero-order valence-electron chi connectivity index (χ0n) is 33.5. The molecule has 4 N–H and O–H groups in total. The van der Waals surface area contributed by atoms with Crippen LogP contribution in [0.4, 0.5) is 0 Å². The molecule has 1 rings (SSSR count). The maximum Gasteiger partial charge on any atom is 0.306 e. The second-order valence-corrected chi connectivity index (χ2v) is 14.8. The van der Waals surface area contributed by atoms with Crippen LogP contribution in [0.15, 0.2) is 24.3 Å². The van der Waals surface area contributed by atoms with Gasteiger partial charge in [-0.25, -0.2) is 0 Å². The highest BCUT2D eigenvalue weighted by molar-refractivity contribution is 5.70. The quantitative estimate of drug-likeness (QED) is 0.0281. The predicted molar refractivity (Wildman–Crippen MR) is 210 cm³/mol. The average Bonchev–Trinajstić information content (AvgIpc) is 3.15. The van der Waals surface area contributed by atoms with E-state index in [-0.39, 0.29) is 26.1 Å². The van der Waals surface area contributed by atoms with Crippen molar-refractivity contribution in [2.75, 3.05) is 19.8 Å². The van der Waals surface area contributed by atoms with Gasteiger partial charge < -0.3 is 39.4 Å². The molecule has 2 unspecified atom stereocenters. The summed E-state index contributed by atoms with van der Waals surface area (Å²) in [5.41, 5.74) is 0. The Morgan fingerprint density at radius 2 is 1.06 bits per heavy atom. The van der Waals surface area contributed by atoms with Gasteiger partial charge in [0, 0.05) is 12.8 Å². The maximum absolute atomic E-state index is 12.7. The summed E-state index contributed by atoms with van der Waals surface area (Å²) in [4.78, 5) is 25.2. The van der Waals surface area contributed by atoms with Crippen molar-refractivity contribution in [2.24, 2.45) is 0 Å². The van der Waals surface area contributed by atoms with Gasteiger partial charge in [-0.2, -0.15) is 0 Å². The Labute approximate surface area is 322 Å². The first-order chi connectivity index (χ1) is 25.8. The first-order valence-electron chi connectivity index (χ1n) is 21.4. The molecule has 1 saturated heterocycles. The molecule has 0 aromatic rings. The summed E-state index contributed by atoms with van der Waals surface area (Å²) >= 11 is 0. The minimum Gasteiger partial charge on any atom is -0.462 e. The van der Waals surface area contributed by atoms with E-state index >= 15 is 0 Å². The Morgan fingerprint density at radius 3 is 1.60 bits per heavy atom. The fourth-order valence-corrected chi connectivity index (χ4v) is 6.39. The van der Waals surface area contributed by atoms with Crippen LogP contribution >= 0.6 is 0 Å². The van der Waals surface area contributed by atoms with Gasteiger partial charge in [-0.05, 0) is 44.9 Å². The van der Waals surface area contributed by atoms with Crippen molar-refractivity contribution in [3.05, 3.63) is 24.3 Å². The second-order valence-electron chi connectivity index (χ2n) is 14.8. The summed E-state index contributed by atoms with van der Waals surface area (Å²) in [5, 5.41) is 40.0. The van der Waals surface area contributed by atoms with E-state index in [4.69, 9.17) is 18.9 Å². The van der Waals surface area contributed by atoms with Crippen LogP contribution in [0, 0.1) is 0 Å². The predicted octanol–water partition coefficient (Wildman–Crippen LogP) is 8.55. The van der Waals surface area contributed by atoms with E-state index in [1.165, 1.54) is 96.3 Å². The molecule has 310 valence electrons. The Hall–Kier alpha value is -1.82. The van der Waals surface area contributed by atoms with E-state index in [1.807, 2.05) is 0 Å². The number of hydrogen-bond acceptors (Lipinski definition) is 10. The lowest BCUT2D eigenvalue weighted by Gasteiger charge is -2.39. The van der Waals surface area contributed by atoms with Crippen molar-refractivity contribution in [3.63, 3.8) is 0 Å². The molecule has 1 heterocycles. The summed E-state index contributed by atoms with van der Waals surface area (Å²) in [6.07, 6.45) is 29.0. The monoisotopic (exact) mass is 755 g/mol. The van der Waals surface area contributed by atoms with Crippen LogP contribution in [-0.4, -0.2) is 89.0 Å². The molecule has 1 aliphatic heterocycles. The van der Waals surface area contributed by atoms with Gasteiger partial charge >= 0.3 is 11.9 Å². The highest BCUT2D eigenvalue weighted by Crippen LogP contribution is 2.22. The van der Waals surface area contributed by atoms with Gasteiger partial charge in [-0.3, -0.25) is 9.59 Å². The van der Waals surface area contributed by atoms with E-state index in [1.54, 1.807) is 0 Å². The van der Waals surface area contributed by atoms with Gasteiger partial charge in [0.25, 0.3) is 0 Å². The molecule has 53 heavy (non-hydrogen) atoms. The van der Waals surface area contributed by atoms with Crippen LogP contribution in [0.2, 0.25) is 0 Å². The number of allylic oxidation sites excluding steroid dienone is 4. The van der Waals surface area contributed by atoms with Crippen molar-refractivity contribution in [1.82, 2.24) is 0 Å². The topological polar surface area (TPSA) is 152 Å². The normalized spacial score (nSPS) is 21.1. The highest BCUT2D eigenvalue weighted by atomic mass is 16.7. The van der Waals surface area contributed by atoms with Crippen molar-refractivity contribution < 1.29 is 49.0 Å². The summed E-state index contributed by atoms with van der Waals surface area (Å²) in [6, 6.07) is 0. The molecule has 1 fully saturated rings. The van der Waals surface area contributed by atoms with E-state index in [0.29, 0.717) is 12.8 Å². The molecule has 0 radical (unpaired) electrons. The van der Waals surface area contributed by atoms with E-state index in [2.05, 4.69) is 38.2 Å². The highest BCUT2D eigenvalue weighted by Gasteiger charge is 2.44. The molecule has 0 saturated carbocycles. The molecular weight excluding hydrogens is 676 g/mol. The smallest absolute Gasteiger partial charge is 0.306 e. The molecule has 0 aliphatic carbocycles. The van der Waals surface area contributed by atoms with Crippen molar-refractivity contribution >= 4 is 11.9 Å². The average molecular weight is 755 g/mol. The first-order valence-corrected chi connectivity index (χ1v) is 21.4. The number of hydrogen-bond donors (Lipinski definition) is 4. The van der Waals surface area contributed by atoms with Crippen LogP contribution in [-0.2, 0) is 28.5 Å². The number of aliphatic hydroxyl groups is 4. The second kappa shape index (κ2) is 34.7. The van der Waals surface area contributed by atoms with Gasteiger partial charge in [-0.1, -0.05) is 147 Å². The number of carbonyl (C=O) groups is 2. The standard InChI is InChI=1S/C43H78O10/c1-3-5-7-9-11-13-15-17-18-20-21-23-25-27-29-31-38(45)50-34-36(35-51-43-42(49)41(48)40(47)37(33-44)53-43)52-39(46)32-30-28-26-24-22-19-16-14-12-10-8-6-4-2/h17-18,21,23,36-37,40-44,47-49H,3-16,19-20,22,24-35H2,1-2H3/b18-17+,23-21+/t36-,37-,40+,41?,42?,43-/m0/s1. The Kier molecular flexibility index (Phi) is 32.2. The largest absolute Gasteiger partial charge is 0.462 e. The minimum absolute atomic E-state index is 0.227. The molecule has 1 aliphatic rings. The number of ether oxygens (including phenoxy) is 4. The fourth-order valence-electron chi connectivity index (χ4n) is 6.39. The van der Waals surface area contributed by atoms with Crippen LogP contribution in [0.1, 0.15) is 181 Å². The number of aliphatic hydroxyl groups excluding tert-OH is 4. The molecule has 0 bridgehead atoms. The molecule has 0 amide bonds. The molecule has 10 nitrogen and oxygen atoms in total. The number of esters is 2. The molecule has 0 aromatic heterocycles. The third-order valence-corrected chi connectivity index (χ3v) is 9.84. The minimum atomic E-state index is -1.60. The Balaban J connectivity index is 2.38. The summed E-state index contributed by atoms with van der Waals surface area (Å²) in [5.74, 6) is -0.840. The summed E-state index contributed by atoms with van der Waals surface area (Å²) in [7, 11) is 0. The Morgan fingerprint density at radius 1 is 0.585 bits per heavy atom. The molecule has 6 atom stereocenters. The van der Waals surface area contributed by atoms with Crippen LogP contribution in [0.3, 0.4) is 0 Å². The van der Waals surface area contributed by atoms with E-state index in [9.17, 15) is 30.0 Å². The van der Waals surface area contributed by atoms with E-state index < -0.39 is 55.4 Å². The van der Waals surface area contributed by atoms with Crippen molar-refractivity contribution in [2.45, 2.75) is 218 Å². The summed E-state index contributed by atoms with van der Waals surface area (Å²) in [6.45, 7) is 3.38. The van der Waals surface area contributed by atoms with Gasteiger partial charge in [0.2, 0.25) is 0 Å². The molecular formula is C43H78O10. The molecule has 0 spiro atoms. The number of carbonyl (C=O) groups excluding carboxylic acids is 2. The fraction of sp³-hybridized carbons (Fsp3) is 0.860. The third-order valence-electron chi connectivity index (χ3n) is 9.84. The van der Waals surface area contributed by atoms with Crippen LogP contribution in [0.25, 0.3) is 0 Å². The number of rotatable bonds is 35. The molecule has 0 aromatic carbocycles. The van der Waals surface area contributed by atoms with Gasteiger partial charge in [0.15, 0.2) is 12.4 Å². The van der Waals surface area contributed by atoms with Gasteiger partial charge in [0.05, 0.1) is 13.2 Å². The van der Waals surface area contributed by atoms with Crippen molar-refractivity contribution in [1.29, 1.82) is 0 Å². The summed E-state index contributed by atoms with van der Waals surface area (Å²) < 4.78 is 22.1. The SMILES string of the molecule is CCCCCCCC/C=C/C/C=C/CCCCC(=O)OC[C@@H](CO[C@H]1O[C@@H](CO)[C@@H](O)C(O)C1O)OC(=O)CCCCCCCCCCCCCCC. The Bertz CT molecular complexity index is 923. The number of unbranched alkanes of at least 4 members (excludes halogenated alkanes) is 20. The van der Waals surface area contributed by atoms with E-state index in [0.717, 1.165) is 44.9 Å². The van der Waals surface area contributed by atoms with Gasteiger partial charge in [-0.15, -0.1) is 0 Å². The van der Waals surface area contributed by atoms with Gasteiger partial charge in [0.1, 0.15) is 31.0 Å². The maximum atomic E-state index is 12.7. The lowest BCUT2D eigenvalue weighted by atomic mass is 9.99. The van der Waals surface area contributed by atoms with Crippen LogP contribution < -0.4 is 0 Å². The molecule has 10 heteroatoms. The van der Waals surface area contributed by atoms with Crippen LogP contribution in [0.5, 0.6) is 0 Å². The zero-order chi connectivity index (χ0) is 38.8. The van der Waals surface area contributed by atoms with Crippen molar-refractivity contribution in [3.8, 4) is 0 Å². The zero-order valence-corrected chi connectivity index (χ0v) is 33.5.